The molecule has 0 saturated heterocycles. The fraction of sp³-hybridized carbons (Fsp3) is 0.909. The minimum Gasteiger partial charge on any atom is -0.392 e. The molecule has 0 aromatic rings. The number of hydrogen-bond acceptors (Lipinski definition) is 3. The van der Waals surface area contributed by atoms with Gasteiger partial charge in [-0.1, -0.05) is 26.1 Å². The molecule has 90 valence electrons. The number of nitrogens with zero attached hydrogens (tertiary/aromatic N) is 1. The van der Waals surface area contributed by atoms with E-state index in [2.05, 4.69) is 32.6 Å². The van der Waals surface area contributed by atoms with Gasteiger partial charge < -0.3 is 10.5 Å². The largest absolute Gasteiger partial charge is 0.392 e. The molecule has 0 aromatic heterocycles. The third-order valence-electron chi connectivity index (χ3n) is 2.06. The zero-order valence-electron chi connectivity index (χ0n) is 10.3. The number of hydrogen-bond donors (Lipinski definition) is 1. The number of rotatable bonds is 8. The van der Waals surface area contributed by atoms with Gasteiger partial charge in [-0.3, -0.25) is 4.90 Å². The quantitative estimate of drug-likeness (QED) is 0.510. The van der Waals surface area contributed by atoms with Crippen LogP contribution in [0.5, 0.6) is 0 Å². The van der Waals surface area contributed by atoms with Crippen molar-refractivity contribution in [2.45, 2.75) is 33.7 Å². The van der Waals surface area contributed by atoms with Crippen LogP contribution in [0.1, 0.15) is 27.7 Å². The molecule has 0 unspecified atom stereocenters. The normalized spacial score (nSPS) is 11.7. The average molecular weight is 232 g/mol. The molecular formula is C11H24N2OS. The fourth-order valence-electron chi connectivity index (χ4n) is 1.22. The van der Waals surface area contributed by atoms with Crippen molar-refractivity contribution in [1.29, 1.82) is 0 Å². The van der Waals surface area contributed by atoms with Crippen molar-refractivity contribution in [3.05, 3.63) is 0 Å². The lowest BCUT2D eigenvalue weighted by atomic mass is 10.2. The Kier molecular flexibility index (Phi) is 7.92. The van der Waals surface area contributed by atoms with Crippen molar-refractivity contribution < 1.29 is 4.74 Å². The SMILES string of the molecule is CC(C)COCCN(CC(N)=S)C(C)C. The molecule has 0 heterocycles. The topological polar surface area (TPSA) is 38.5 Å². The molecule has 0 rings (SSSR count). The van der Waals surface area contributed by atoms with Crippen molar-refractivity contribution in [1.82, 2.24) is 4.90 Å². The maximum atomic E-state index is 5.53. The molecule has 3 nitrogen and oxygen atoms in total. The van der Waals surface area contributed by atoms with Gasteiger partial charge in [0.25, 0.3) is 0 Å². The molecule has 0 atom stereocenters. The number of thiocarbonyl (C=S) groups is 1. The molecule has 2 N–H and O–H groups in total. The van der Waals surface area contributed by atoms with Crippen molar-refractivity contribution >= 4 is 17.2 Å². The number of nitrogens with two attached hydrogens (primary N) is 1. The van der Waals surface area contributed by atoms with Gasteiger partial charge in [0.15, 0.2) is 0 Å². The molecule has 4 heteroatoms. The van der Waals surface area contributed by atoms with E-state index in [0.717, 1.165) is 19.8 Å². The van der Waals surface area contributed by atoms with Crippen molar-refractivity contribution in [2.75, 3.05) is 26.3 Å². The van der Waals surface area contributed by atoms with E-state index < -0.39 is 0 Å². The van der Waals surface area contributed by atoms with E-state index in [1.807, 2.05) is 0 Å². The maximum Gasteiger partial charge on any atom is 0.0870 e. The fourth-order valence-corrected chi connectivity index (χ4v) is 1.39. The molecule has 0 radical (unpaired) electrons. The van der Waals surface area contributed by atoms with Crippen molar-refractivity contribution in [2.24, 2.45) is 11.7 Å². The van der Waals surface area contributed by atoms with E-state index in [-0.39, 0.29) is 0 Å². The van der Waals surface area contributed by atoms with Crippen LogP contribution in [0.2, 0.25) is 0 Å². The molecule has 0 bridgehead atoms. The van der Waals surface area contributed by atoms with Gasteiger partial charge in [0, 0.05) is 25.7 Å². The van der Waals surface area contributed by atoms with Crippen LogP contribution >= 0.6 is 12.2 Å². The summed E-state index contributed by atoms with van der Waals surface area (Å²) in [5.74, 6) is 0.591. The van der Waals surface area contributed by atoms with Crippen LogP contribution in [0.15, 0.2) is 0 Å². The Balaban J connectivity index is 3.71. The predicted octanol–water partition coefficient (Wildman–Crippen LogP) is 1.66. The van der Waals surface area contributed by atoms with Gasteiger partial charge in [0.05, 0.1) is 11.6 Å². The van der Waals surface area contributed by atoms with Gasteiger partial charge in [0.1, 0.15) is 0 Å². The smallest absolute Gasteiger partial charge is 0.0870 e. The van der Waals surface area contributed by atoms with Crippen molar-refractivity contribution in [3.8, 4) is 0 Å². The molecule has 0 saturated carbocycles. The maximum absolute atomic E-state index is 5.53. The highest BCUT2D eigenvalue weighted by Crippen LogP contribution is 1.98. The Labute approximate surface area is 99.0 Å². The van der Waals surface area contributed by atoms with E-state index in [0.29, 0.717) is 23.5 Å². The molecule has 0 amide bonds. The minimum atomic E-state index is 0.453. The first-order chi connectivity index (χ1) is 6.93. The third-order valence-corrected chi connectivity index (χ3v) is 2.19. The summed E-state index contributed by atoms with van der Waals surface area (Å²) in [7, 11) is 0. The second kappa shape index (κ2) is 8.02. The van der Waals surface area contributed by atoms with E-state index in [9.17, 15) is 0 Å². The average Bonchev–Trinajstić information content (AvgIpc) is 2.08. The molecule has 0 spiro atoms. The molecule has 0 aliphatic carbocycles. The van der Waals surface area contributed by atoms with Crippen LogP contribution in [0, 0.1) is 5.92 Å². The summed E-state index contributed by atoms with van der Waals surface area (Å²) >= 11 is 4.91. The first kappa shape index (κ1) is 14.8. The third kappa shape index (κ3) is 8.78. The van der Waals surface area contributed by atoms with Crippen LogP contribution in [0.25, 0.3) is 0 Å². The highest BCUT2D eigenvalue weighted by atomic mass is 32.1. The molecule has 0 aliphatic rings. The molecular weight excluding hydrogens is 208 g/mol. The second-order valence-electron chi connectivity index (χ2n) is 4.50. The van der Waals surface area contributed by atoms with Gasteiger partial charge in [-0.25, -0.2) is 0 Å². The van der Waals surface area contributed by atoms with E-state index in [1.54, 1.807) is 0 Å². The first-order valence-corrected chi connectivity index (χ1v) is 5.94. The first-order valence-electron chi connectivity index (χ1n) is 5.53. The standard InChI is InChI=1S/C11H24N2OS/c1-9(2)8-14-6-5-13(10(3)4)7-11(12)15/h9-10H,5-8H2,1-4H3,(H2,12,15). The summed E-state index contributed by atoms with van der Waals surface area (Å²) < 4.78 is 5.53. The second-order valence-corrected chi connectivity index (χ2v) is 5.02. The Bertz CT molecular complexity index is 183. The Morgan fingerprint density at radius 3 is 2.33 bits per heavy atom. The minimum absolute atomic E-state index is 0.453. The molecule has 0 fully saturated rings. The van der Waals surface area contributed by atoms with Crippen LogP contribution < -0.4 is 5.73 Å². The van der Waals surface area contributed by atoms with E-state index >= 15 is 0 Å². The van der Waals surface area contributed by atoms with Crippen LogP contribution in [-0.2, 0) is 4.74 Å². The van der Waals surface area contributed by atoms with Crippen LogP contribution in [-0.4, -0.2) is 42.2 Å². The Morgan fingerprint density at radius 2 is 1.93 bits per heavy atom. The van der Waals surface area contributed by atoms with Gasteiger partial charge in [-0.15, -0.1) is 0 Å². The van der Waals surface area contributed by atoms with Crippen LogP contribution in [0.4, 0.5) is 0 Å². The zero-order valence-corrected chi connectivity index (χ0v) is 11.1. The molecule has 0 aromatic carbocycles. The Morgan fingerprint density at radius 1 is 1.33 bits per heavy atom. The zero-order chi connectivity index (χ0) is 11.8. The number of ether oxygens (including phenoxy) is 1. The highest BCUT2D eigenvalue weighted by molar-refractivity contribution is 7.80. The lowest BCUT2D eigenvalue weighted by molar-refractivity contribution is 0.0820. The summed E-state index contributed by atoms with van der Waals surface area (Å²) in [5, 5.41) is 0. The summed E-state index contributed by atoms with van der Waals surface area (Å²) in [6.07, 6.45) is 0. The van der Waals surface area contributed by atoms with E-state index in [1.165, 1.54) is 0 Å². The molecule has 0 aliphatic heterocycles. The van der Waals surface area contributed by atoms with Crippen LogP contribution in [0.3, 0.4) is 0 Å². The monoisotopic (exact) mass is 232 g/mol. The lowest BCUT2D eigenvalue weighted by Gasteiger charge is -2.25. The van der Waals surface area contributed by atoms with Gasteiger partial charge in [-0.2, -0.15) is 0 Å². The predicted molar refractivity (Wildman–Crippen MR) is 69.2 cm³/mol. The van der Waals surface area contributed by atoms with E-state index in [4.69, 9.17) is 22.7 Å². The highest BCUT2D eigenvalue weighted by Gasteiger charge is 2.09. The van der Waals surface area contributed by atoms with Gasteiger partial charge in [0.2, 0.25) is 0 Å². The van der Waals surface area contributed by atoms with Crippen molar-refractivity contribution in [3.63, 3.8) is 0 Å². The summed E-state index contributed by atoms with van der Waals surface area (Å²) in [4.78, 5) is 2.77. The molecule has 15 heavy (non-hydrogen) atoms. The summed E-state index contributed by atoms with van der Waals surface area (Å²) in [6, 6.07) is 0.453. The summed E-state index contributed by atoms with van der Waals surface area (Å²) in [6.45, 7) is 11.7. The Hall–Kier alpha value is -0.190. The summed E-state index contributed by atoms with van der Waals surface area (Å²) in [5.41, 5.74) is 5.53. The van der Waals surface area contributed by atoms with Gasteiger partial charge in [-0.05, 0) is 19.8 Å². The van der Waals surface area contributed by atoms with Gasteiger partial charge >= 0.3 is 0 Å². The lowest BCUT2D eigenvalue weighted by Crippen LogP contribution is -2.39.